The van der Waals surface area contributed by atoms with Gasteiger partial charge in [0, 0.05) is 0 Å². The molecule has 0 N–H and O–H groups in total. The van der Waals surface area contributed by atoms with E-state index < -0.39 is 0 Å². The van der Waals surface area contributed by atoms with E-state index in [1.165, 1.54) is 79.2 Å². The summed E-state index contributed by atoms with van der Waals surface area (Å²) in [6.07, 6.45) is 5.52. The number of fused-ring (bicyclic) bond motifs is 3. The van der Waals surface area contributed by atoms with Crippen LogP contribution in [-0.4, -0.2) is 3.71 Å². The van der Waals surface area contributed by atoms with E-state index in [2.05, 4.69) is 166 Å². The Kier molecular flexibility index (Phi) is 14.2. The van der Waals surface area contributed by atoms with Gasteiger partial charge in [0.1, 0.15) is 0 Å². The van der Waals surface area contributed by atoms with E-state index in [1.54, 1.807) is 0 Å². The molecule has 3 heteroatoms. The molecule has 1 atom stereocenters. The first-order valence-electron chi connectivity index (χ1n) is 14.9. The summed E-state index contributed by atoms with van der Waals surface area (Å²) >= 11 is 1.46. The second kappa shape index (κ2) is 15.6. The van der Waals surface area contributed by atoms with E-state index in [9.17, 15) is 0 Å². The summed E-state index contributed by atoms with van der Waals surface area (Å²) in [5.41, 5.74) is 8.92. The van der Waals surface area contributed by atoms with Crippen LogP contribution in [0.1, 0.15) is 105 Å². The van der Waals surface area contributed by atoms with Crippen LogP contribution in [0.2, 0.25) is 0 Å². The summed E-state index contributed by atoms with van der Waals surface area (Å²) < 4.78 is 2.21. The van der Waals surface area contributed by atoms with Crippen molar-refractivity contribution in [3.63, 3.8) is 0 Å². The largest absolute Gasteiger partial charge is 1.00 e. The Morgan fingerprint density at radius 2 is 1.05 bits per heavy atom. The summed E-state index contributed by atoms with van der Waals surface area (Å²) in [5.74, 6) is 0.551. The quantitative estimate of drug-likeness (QED) is 0.237. The van der Waals surface area contributed by atoms with Crippen molar-refractivity contribution in [1.29, 1.82) is 0 Å². The maximum absolute atomic E-state index is 3.29. The molecule has 0 radical (unpaired) electrons. The molecular weight excluding hydrogens is 643 g/mol. The second-order valence-corrected chi connectivity index (χ2v) is 15.4. The SMILES string of the molecule is CC(C)(C)c1ccc([CH]=[Zr+2])cc1.CC(C)(C)c1ccc2[cH-]c3ccc(C(C)(C)C)cc3c2c1.CC1=[C-]C(C)C=C1C.[Cl-].[Cl-]. The second-order valence-electron chi connectivity index (χ2n) is 14.7. The number of halogens is 2. The first-order valence-corrected chi connectivity index (χ1v) is 16.4. The van der Waals surface area contributed by atoms with Crippen LogP contribution in [0.4, 0.5) is 0 Å². The maximum Gasteiger partial charge on any atom is -0.0145 e. The molecule has 0 saturated carbocycles. The Balaban J connectivity index is 0.000000357. The van der Waals surface area contributed by atoms with Crippen LogP contribution in [0.25, 0.3) is 21.5 Å². The van der Waals surface area contributed by atoms with Gasteiger partial charge in [0.2, 0.25) is 0 Å². The molecule has 0 aliphatic heterocycles. The smallest absolute Gasteiger partial charge is 0.0145 e. The van der Waals surface area contributed by atoms with Crippen molar-refractivity contribution in [3.8, 4) is 0 Å². The van der Waals surface area contributed by atoms with Crippen LogP contribution in [-0.2, 0) is 40.5 Å². The molecule has 4 aromatic carbocycles. The van der Waals surface area contributed by atoms with Crippen LogP contribution in [0, 0.1) is 12.0 Å². The molecule has 0 bridgehead atoms. The first-order chi connectivity index (χ1) is 18.9. The summed E-state index contributed by atoms with van der Waals surface area (Å²) in [6, 6.07) is 25.0. The van der Waals surface area contributed by atoms with Gasteiger partial charge in [0.05, 0.1) is 0 Å². The van der Waals surface area contributed by atoms with Gasteiger partial charge in [-0.15, -0.1) is 46.7 Å². The molecule has 1 aliphatic carbocycles. The molecule has 230 valence electrons. The molecule has 0 spiro atoms. The molecule has 4 aromatic rings. The van der Waals surface area contributed by atoms with Gasteiger partial charge in [-0.25, -0.2) is 11.1 Å². The minimum atomic E-state index is 0. The van der Waals surface area contributed by atoms with Crippen molar-refractivity contribution in [3.05, 3.63) is 112 Å². The van der Waals surface area contributed by atoms with Gasteiger partial charge in [-0.3, -0.25) is 6.08 Å². The van der Waals surface area contributed by atoms with Crippen LogP contribution >= 0.6 is 0 Å². The summed E-state index contributed by atoms with van der Waals surface area (Å²) in [7, 11) is 0. The zero-order valence-corrected chi connectivity index (χ0v) is 32.3. The van der Waals surface area contributed by atoms with Crippen molar-refractivity contribution >= 4 is 25.3 Å². The van der Waals surface area contributed by atoms with Gasteiger partial charge in [0.25, 0.3) is 0 Å². The maximum atomic E-state index is 3.29. The zero-order valence-electron chi connectivity index (χ0n) is 28.3. The van der Waals surface area contributed by atoms with Crippen molar-refractivity contribution < 1.29 is 49.0 Å². The Morgan fingerprint density at radius 3 is 1.33 bits per heavy atom. The Morgan fingerprint density at radius 1 is 0.651 bits per heavy atom. The predicted molar refractivity (Wildman–Crippen MR) is 180 cm³/mol. The molecule has 0 amide bonds. The standard InChI is InChI=1S/C21H25.C11H14.C8H11.2ClH.Zr/c1-20(2,3)16-9-7-14-11-15-8-10-17(21(4,5)6)13-19(15)18(14)12-16;1-9-5-7-10(8-6-9)11(2,3)4;1-6-4-7(2)8(3)5-6;;;/h7-13H,1-6H3;1,5-8H,2-4H3;4,6H,1-3H3;2*1H;/q-1;;-1;;;+2/p-2. The van der Waals surface area contributed by atoms with Gasteiger partial charge < -0.3 is 24.8 Å². The van der Waals surface area contributed by atoms with E-state index in [0.717, 1.165) is 0 Å². The van der Waals surface area contributed by atoms with Crippen LogP contribution in [0.3, 0.4) is 0 Å². The topological polar surface area (TPSA) is 0 Å². The van der Waals surface area contributed by atoms with Gasteiger partial charge in [-0.2, -0.15) is 6.08 Å². The Bertz CT molecular complexity index is 1470. The van der Waals surface area contributed by atoms with E-state index in [-0.39, 0.29) is 41.1 Å². The number of benzene rings is 3. The molecule has 5 rings (SSSR count). The number of allylic oxidation sites excluding steroid dienone is 4. The molecular formula is C40H50Cl2Zr-2. The van der Waals surface area contributed by atoms with Crippen molar-refractivity contribution in [1.82, 2.24) is 0 Å². The molecule has 0 nitrogen and oxygen atoms in total. The third kappa shape index (κ3) is 10.7. The molecule has 0 heterocycles. The van der Waals surface area contributed by atoms with Crippen LogP contribution < -0.4 is 24.8 Å². The normalized spacial score (nSPS) is 14.8. The fourth-order valence-corrected chi connectivity index (χ4v) is 5.48. The molecule has 0 aromatic heterocycles. The van der Waals surface area contributed by atoms with Gasteiger partial charge >= 0.3 is 89.5 Å². The average Bonchev–Trinajstić information content (AvgIpc) is 3.39. The van der Waals surface area contributed by atoms with E-state index in [4.69, 9.17) is 0 Å². The summed E-state index contributed by atoms with van der Waals surface area (Å²) in [6.45, 7) is 26.8. The monoisotopic (exact) mass is 690 g/mol. The molecule has 1 aliphatic rings. The average molecular weight is 693 g/mol. The number of hydrogen-bond acceptors (Lipinski definition) is 0. The van der Waals surface area contributed by atoms with Gasteiger partial charge in [-0.1, -0.05) is 96.7 Å². The van der Waals surface area contributed by atoms with Crippen LogP contribution in [0.5, 0.6) is 0 Å². The summed E-state index contributed by atoms with van der Waals surface area (Å²) in [4.78, 5) is 0. The number of hydrogen-bond donors (Lipinski definition) is 0. The number of rotatable bonds is 1. The fraction of sp³-hybridized carbons (Fsp3) is 0.400. The zero-order chi connectivity index (χ0) is 30.8. The van der Waals surface area contributed by atoms with Crippen molar-refractivity contribution in [2.45, 2.75) is 99.3 Å². The fourth-order valence-electron chi connectivity index (χ4n) is 5.01. The van der Waals surface area contributed by atoms with Crippen molar-refractivity contribution in [2.24, 2.45) is 5.92 Å². The first kappa shape index (κ1) is 39.4. The minimum absolute atomic E-state index is 0. The molecule has 43 heavy (non-hydrogen) atoms. The molecule has 0 saturated heterocycles. The van der Waals surface area contributed by atoms with E-state index in [0.29, 0.717) is 5.92 Å². The third-order valence-electron chi connectivity index (χ3n) is 7.92. The van der Waals surface area contributed by atoms with Gasteiger partial charge in [-0.05, 0) is 10.8 Å². The molecule has 1 unspecified atom stereocenters. The van der Waals surface area contributed by atoms with Crippen molar-refractivity contribution in [2.75, 3.05) is 0 Å². The molecule has 0 fully saturated rings. The Labute approximate surface area is 290 Å². The minimum Gasteiger partial charge on any atom is -1.00 e. The predicted octanol–water partition coefficient (Wildman–Crippen LogP) is 5.33. The van der Waals surface area contributed by atoms with E-state index in [1.807, 2.05) is 0 Å². The summed E-state index contributed by atoms with van der Waals surface area (Å²) in [5, 5.41) is 5.49. The third-order valence-corrected chi connectivity index (χ3v) is 8.74. The Hall–Kier alpha value is -1.66. The van der Waals surface area contributed by atoms with Gasteiger partial charge in [0.15, 0.2) is 0 Å². The van der Waals surface area contributed by atoms with Crippen LogP contribution in [0.15, 0.2) is 84.0 Å². The van der Waals surface area contributed by atoms with E-state index >= 15 is 0 Å².